The van der Waals surface area contributed by atoms with Crippen LogP contribution in [0, 0.1) is 0 Å². The average molecular weight is 274 g/mol. The third-order valence-corrected chi connectivity index (χ3v) is 3.04. The van der Waals surface area contributed by atoms with Crippen LogP contribution in [0.2, 0.25) is 0 Å². The predicted molar refractivity (Wildman–Crippen MR) is 77.3 cm³/mol. The molecule has 0 rings (SSSR count). The van der Waals surface area contributed by atoms with Crippen LogP contribution >= 0.6 is 0 Å². The first-order valence-electron chi connectivity index (χ1n) is 6.99. The van der Waals surface area contributed by atoms with E-state index in [0.29, 0.717) is 12.6 Å². The molecule has 1 N–H and O–H groups in total. The first kappa shape index (κ1) is 18.4. The molecule has 0 saturated heterocycles. The molecular formula is C14H30N2O3. The maximum absolute atomic E-state index is 11.7. The Morgan fingerprint density at radius 2 is 1.79 bits per heavy atom. The zero-order valence-electron chi connectivity index (χ0n) is 13.2. The lowest BCUT2D eigenvalue weighted by Crippen LogP contribution is -2.45. The molecule has 0 radical (unpaired) electrons. The largest absolute Gasteiger partial charge is 0.468 e. The van der Waals surface area contributed by atoms with Gasteiger partial charge < -0.3 is 14.8 Å². The van der Waals surface area contributed by atoms with Crippen LogP contribution in [0.4, 0.5) is 0 Å². The van der Waals surface area contributed by atoms with E-state index in [0.717, 1.165) is 19.5 Å². The first-order chi connectivity index (χ1) is 8.92. The lowest BCUT2D eigenvalue weighted by Gasteiger charge is -2.28. The molecule has 0 aromatic rings. The molecule has 0 aromatic heterocycles. The lowest BCUT2D eigenvalue weighted by molar-refractivity contribution is -0.143. The number of nitrogens with zero attached hydrogens (tertiary/aromatic N) is 1. The Kier molecular flexibility index (Phi) is 9.83. The monoisotopic (exact) mass is 274 g/mol. The molecule has 0 aliphatic heterocycles. The highest BCUT2D eigenvalue weighted by Gasteiger charge is 2.21. The SMILES string of the molecule is COCCN(CCC(NC(C)C)C(=O)OC)C(C)C. The Bertz CT molecular complexity index is 245. The van der Waals surface area contributed by atoms with E-state index >= 15 is 0 Å². The Morgan fingerprint density at radius 3 is 2.21 bits per heavy atom. The van der Waals surface area contributed by atoms with Crippen LogP contribution in [0.3, 0.4) is 0 Å². The number of hydrogen-bond donors (Lipinski definition) is 1. The fourth-order valence-corrected chi connectivity index (χ4v) is 1.95. The molecule has 0 aliphatic rings. The summed E-state index contributed by atoms with van der Waals surface area (Å²) >= 11 is 0. The third kappa shape index (κ3) is 8.18. The van der Waals surface area contributed by atoms with Gasteiger partial charge in [-0.25, -0.2) is 0 Å². The summed E-state index contributed by atoms with van der Waals surface area (Å²) in [5.41, 5.74) is 0. The minimum atomic E-state index is -0.242. The molecule has 114 valence electrons. The number of carbonyl (C=O) groups excluding carboxylic acids is 1. The highest BCUT2D eigenvalue weighted by atomic mass is 16.5. The van der Waals surface area contributed by atoms with Crippen molar-refractivity contribution in [3.05, 3.63) is 0 Å². The zero-order valence-corrected chi connectivity index (χ0v) is 13.2. The average Bonchev–Trinajstić information content (AvgIpc) is 2.35. The van der Waals surface area contributed by atoms with Gasteiger partial charge in [-0.3, -0.25) is 9.69 Å². The molecule has 0 bridgehead atoms. The fourth-order valence-electron chi connectivity index (χ4n) is 1.95. The fraction of sp³-hybridized carbons (Fsp3) is 0.929. The van der Waals surface area contributed by atoms with Crippen LogP contribution in [0.25, 0.3) is 0 Å². The summed E-state index contributed by atoms with van der Waals surface area (Å²) in [6.07, 6.45) is 0.743. The number of methoxy groups -OCH3 is 2. The molecule has 0 amide bonds. The van der Waals surface area contributed by atoms with Crippen LogP contribution in [0.5, 0.6) is 0 Å². The van der Waals surface area contributed by atoms with E-state index in [1.807, 2.05) is 13.8 Å². The second-order valence-electron chi connectivity index (χ2n) is 5.31. The molecule has 1 unspecified atom stereocenters. The summed E-state index contributed by atoms with van der Waals surface area (Å²) in [5.74, 6) is -0.191. The highest BCUT2D eigenvalue weighted by molar-refractivity contribution is 5.75. The van der Waals surface area contributed by atoms with Gasteiger partial charge in [0, 0.05) is 32.3 Å². The van der Waals surface area contributed by atoms with Gasteiger partial charge in [-0.15, -0.1) is 0 Å². The summed E-state index contributed by atoms with van der Waals surface area (Å²) in [5, 5.41) is 3.25. The van der Waals surface area contributed by atoms with E-state index in [4.69, 9.17) is 9.47 Å². The topological polar surface area (TPSA) is 50.8 Å². The van der Waals surface area contributed by atoms with E-state index in [1.54, 1.807) is 7.11 Å². The number of hydrogen-bond acceptors (Lipinski definition) is 5. The highest BCUT2D eigenvalue weighted by Crippen LogP contribution is 2.04. The molecular weight excluding hydrogens is 244 g/mol. The number of carbonyl (C=O) groups is 1. The quantitative estimate of drug-likeness (QED) is 0.608. The third-order valence-electron chi connectivity index (χ3n) is 3.04. The van der Waals surface area contributed by atoms with Crippen molar-refractivity contribution in [3.63, 3.8) is 0 Å². The minimum absolute atomic E-state index is 0.191. The van der Waals surface area contributed by atoms with Crippen LogP contribution < -0.4 is 5.32 Å². The van der Waals surface area contributed by atoms with Crippen molar-refractivity contribution in [2.75, 3.05) is 33.9 Å². The molecule has 0 aliphatic carbocycles. The van der Waals surface area contributed by atoms with Gasteiger partial charge in [0.2, 0.25) is 0 Å². The second-order valence-corrected chi connectivity index (χ2v) is 5.31. The van der Waals surface area contributed by atoms with Crippen molar-refractivity contribution in [1.82, 2.24) is 10.2 Å². The Balaban J connectivity index is 4.35. The van der Waals surface area contributed by atoms with Gasteiger partial charge in [-0.1, -0.05) is 13.8 Å². The molecule has 5 heteroatoms. The van der Waals surface area contributed by atoms with Gasteiger partial charge in [-0.05, 0) is 20.3 Å². The van der Waals surface area contributed by atoms with Gasteiger partial charge in [0.1, 0.15) is 6.04 Å². The van der Waals surface area contributed by atoms with Gasteiger partial charge in [-0.2, -0.15) is 0 Å². The van der Waals surface area contributed by atoms with Crippen LogP contribution in [0.1, 0.15) is 34.1 Å². The number of nitrogens with one attached hydrogen (secondary N) is 1. The molecule has 0 fully saturated rings. The van der Waals surface area contributed by atoms with Crippen molar-refractivity contribution in [3.8, 4) is 0 Å². The normalized spacial score (nSPS) is 13.3. The van der Waals surface area contributed by atoms with Crippen LogP contribution in [-0.4, -0.2) is 62.9 Å². The van der Waals surface area contributed by atoms with E-state index < -0.39 is 0 Å². The number of rotatable bonds is 10. The number of esters is 1. The van der Waals surface area contributed by atoms with Gasteiger partial charge in [0.15, 0.2) is 0 Å². The Hall–Kier alpha value is -0.650. The molecule has 1 atom stereocenters. The summed E-state index contributed by atoms with van der Waals surface area (Å²) in [6.45, 7) is 10.8. The summed E-state index contributed by atoms with van der Waals surface area (Å²) < 4.78 is 9.96. The van der Waals surface area contributed by atoms with E-state index in [2.05, 4.69) is 24.1 Å². The van der Waals surface area contributed by atoms with E-state index in [1.165, 1.54) is 7.11 Å². The molecule has 19 heavy (non-hydrogen) atoms. The number of ether oxygens (including phenoxy) is 2. The minimum Gasteiger partial charge on any atom is -0.468 e. The van der Waals surface area contributed by atoms with Gasteiger partial charge in [0.25, 0.3) is 0 Å². The summed E-state index contributed by atoms with van der Waals surface area (Å²) in [7, 11) is 3.14. The Labute approximate surface area is 117 Å². The molecule has 0 spiro atoms. The van der Waals surface area contributed by atoms with Crippen LogP contribution in [0.15, 0.2) is 0 Å². The standard InChI is InChI=1S/C14H30N2O3/c1-11(2)15-13(14(17)19-6)7-8-16(12(3)4)9-10-18-5/h11-13,15H,7-10H2,1-6H3. The molecule has 0 aromatic carbocycles. The van der Waals surface area contributed by atoms with Gasteiger partial charge in [0.05, 0.1) is 13.7 Å². The molecule has 0 heterocycles. The Morgan fingerprint density at radius 1 is 1.16 bits per heavy atom. The maximum atomic E-state index is 11.7. The smallest absolute Gasteiger partial charge is 0.322 e. The summed E-state index contributed by atoms with van der Waals surface area (Å²) in [4.78, 5) is 14.0. The first-order valence-corrected chi connectivity index (χ1v) is 6.99. The van der Waals surface area contributed by atoms with Crippen molar-refractivity contribution >= 4 is 5.97 Å². The molecule has 5 nitrogen and oxygen atoms in total. The van der Waals surface area contributed by atoms with Crippen molar-refractivity contribution in [2.24, 2.45) is 0 Å². The predicted octanol–water partition coefficient (Wildman–Crippen LogP) is 1.27. The lowest BCUT2D eigenvalue weighted by atomic mass is 10.1. The second kappa shape index (κ2) is 10.2. The molecule has 0 saturated carbocycles. The van der Waals surface area contributed by atoms with Crippen LogP contribution in [-0.2, 0) is 14.3 Å². The zero-order chi connectivity index (χ0) is 14.8. The van der Waals surface area contributed by atoms with Crippen molar-refractivity contribution < 1.29 is 14.3 Å². The maximum Gasteiger partial charge on any atom is 0.322 e. The van der Waals surface area contributed by atoms with E-state index in [9.17, 15) is 4.79 Å². The summed E-state index contributed by atoms with van der Waals surface area (Å²) in [6, 6.07) is 0.455. The van der Waals surface area contributed by atoms with E-state index in [-0.39, 0.29) is 18.1 Å². The van der Waals surface area contributed by atoms with Gasteiger partial charge >= 0.3 is 5.97 Å². The van der Waals surface area contributed by atoms with Crippen molar-refractivity contribution in [2.45, 2.75) is 52.2 Å². The van der Waals surface area contributed by atoms with Crippen molar-refractivity contribution in [1.29, 1.82) is 0 Å².